The number of nitro benzene ring substituents is 1. The summed E-state index contributed by atoms with van der Waals surface area (Å²) in [5.74, 6) is 2.58. The van der Waals surface area contributed by atoms with Crippen molar-refractivity contribution in [2.24, 2.45) is 0 Å². The van der Waals surface area contributed by atoms with Crippen LogP contribution in [0.25, 0.3) is 0 Å². The van der Waals surface area contributed by atoms with Crippen LogP contribution in [0.5, 0.6) is 0 Å². The first-order valence-electron chi connectivity index (χ1n) is 4.86. The molecule has 0 bridgehead atoms. The molecule has 0 spiro atoms. The molecule has 0 atom stereocenters. The second-order valence-electron chi connectivity index (χ2n) is 4.21. The second-order valence-corrected chi connectivity index (χ2v) is 4.21. The Morgan fingerprint density at radius 2 is 2.06 bits per heavy atom. The molecule has 16 heavy (non-hydrogen) atoms. The van der Waals surface area contributed by atoms with Gasteiger partial charge in [-0.2, -0.15) is 0 Å². The van der Waals surface area contributed by atoms with Crippen LogP contribution >= 0.6 is 0 Å². The van der Waals surface area contributed by atoms with E-state index in [1.54, 1.807) is 6.92 Å². The Balaban J connectivity index is 3.07. The molecule has 0 aromatic heterocycles. The normalized spacial score (nSPS) is 10.6. The molecule has 84 valence electrons. The molecule has 0 fully saturated rings. The van der Waals surface area contributed by atoms with Crippen LogP contribution in [0.4, 0.5) is 11.4 Å². The van der Waals surface area contributed by atoms with Gasteiger partial charge >= 0.3 is 0 Å². The molecule has 0 aliphatic carbocycles. The molecule has 1 N–H and O–H groups in total. The number of rotatable bonds is 3. The molecule has 0 aliphatic heterocycles. The molecule has 0 unspecified atom stereocenters. The number of aryl methyl sites for hydroxylation is 1. The van der Waals surface area contributed by atoms with Crippen molar-refractivity contribution >= 4 is 11.4 Å². The van der Waals surface area contributed by atoms with Crippen molar-refractivity contribution in [3.05, 3.63) is 33.9 Å². The highest BCUT2D eigenvalue weighted by Crippen LogP contribution is 2.22. The van der Waals surface area contributed by atoms with Gasteiger partial charge in [0.25, 0.3) is 5.69 Å². The molecule has 0 saturated carbocycles. The largest absolute Gasteiger partial charge is 0.369 e. The molecule has 4 heteroatoms. The van der Waals surface area contributed by atoms with Crippen molar-refractivity contribution in [3.8, 4) is 12.3 Å². The molecule has 1 aromatic carbocycles. The van der Waals surface area contributed by atoms with Gasteiger partial charge in [-0.05, 0) is 32.4 Å². The minimum Gasteiger partial charge on any atom is -0.369 e. The summed E-state index contributed by atoms with van der Waals surface area (Å²) in [4.78, 5) is 10.3. The van der Waals surface area contributed by atoms with E-state index in [1.165, 1.54) is 12.1 Å². The van der Waals surface area contributed by atoms with Gasteiger partial charge in [-0.15, -0.1) is 6.42 Å². The number of hydrogen-bond acceptors (Lipinski definition) is 3. The molecular weight excluding hydrogens is 204 g/mol. The Labute approximate surface area is 94.8 Å². The third kappa shape index (κ3) is 2.99. The zero-order valence-electron chi connectivity index (χ0n) is 9.57. The van der Waals surface area contributed by atoms with Crippen molar-refractivity contribution in [3.63, 3.8) is 0 Å². The van der Waals surface area contributed by atoms with Crippen molar-refractivity contribution in [1.29, 1.82) is 0 Å². The number of nitrogens with zero attached hydrogens (tertiary/aromatic N) is 1. The first kappa shape index (κ1) is 12.1. The lowest BCUT2D eigenvalue weighted by Gasteiger charge is -2.21. The van der Waals surface area contributed by atoms with E-state index in [0.29, 0.717) is 5.69 Å². The maximum absolute atomic E-state index is 10.7. The summed E-state index contributed by atoms with van der Waals surface area (Å²) in [5, 5.41) is 13.7. The summed E-state index contributed by atoms with van der Waals surface area (Å²) < 4.78 is 0. The third-order valence-electron chi connectivity index (χ3n) is 2.09. The highest BCUT2D eigenvalue weighted by molar-refractivity contribution is 5.56. The molecule has 1 aromatic rings. The molecule has 0 saturated heterocycles. The zero-order chi connectivity index (χ0) is 12.3. The number of terminal acetylenes is 1. The first-order valence-corrected chi connectivity index (χ1v) is 4.86. The smallest absolute Gasteiger partial charge is 0.271 e. The van der Waals surface area contributed by atoms with E-state index in [4.69, 9.17) is 6.42 Å². The average molecular weight is 218 g/mol. The molecular formula is C12H14N2O2. The van der Waals surface area contributed by atoms with Crippen LogP contribution in [0.1, 0.15) is 19.4 Å². The van der Waals surface area contributed by atoms with Crippen LogP contribution < -0.4 is 5.32 Å². The van der Waals surface area contributed by atoms with E-state index >= 15 is 0 Å². The minimum atomic E-state index is -0.526. The average Bonchev–Trinajstić information content (AvgIpc) is 2.16. The van der Waals surface area contributed by atoms with Crippen molar-refractivity contribution in [1.82, 2.24) is 0 Å². The molecule has 0 heterocycles. The number of nitro groups is 1. The summed E-state index contributed by atoms with van der Waals surface area (Å²) >= 11 is 0. The monoisotopic (exact) mass is 218 g/mol. The fourth-order valence-corrected chi connectivity index (χ4v) is 1.34. The molecule has 0 radical (unpaired) electrons. The van der Waals surface area contributed by atoms with Crippen LogP contribution in [-0.2, 0) is 0 Å². The maximum atomic E-state index is 10.7. The lowest BCUT2D eigenvalue weighted by Crippen LogP contribution is -2.28. The van der Waals surface area contributed by atoms with Crippen LogP contribution in [0.2, 0.25) is 0 Å². The van der Waals surface area contributed by atoms with Gasteiger partial charge < -0.3 is 5.32 Å². The predicted molar refractivity (Wildman–Crippen MR) is 64.4 cm³/mol. The lowest BCUT2D eigenvalue weighted by molar-refractivity contribution is -0.384. The van der Waals surface area contributed by atoms with Crippen LogP contribution in [0.15, 0.2) is 18.2 Å². The quantitative estimate of drug-likeness (QED) is 0.482. The van der Waals surface area contributed by atoms with Gasteiger partial charge in [0.1, 0.15) is 0 Å². The minimum absolute atomic E-state index is 0.0651. The van der Waals surface area contributed by atoms with Gasteiger partial charge in [-0.25, -0.2) is 0 Å². The van der Waals surface area contributed by atoms with Gasteiger partial charge in [-0.1, -0.05) is 5.92 Å². The maximum Gasteiger partial charge on any atom is 0.271 e. The van der Waals surface area contributed by atoms with E-state index in [2.05, 4.69) is 11.2 Å². The summed E-state index contributed by atoms with van der Waals surface area (Å²) in [6.45, 7) is 5.48. The fourth-order valence-electron chi connectivity index (χ4n) is 1.34. The summed E-state index contributed by atoms with van der Waals surface area (Å²) in [6.07, 6.45) is 5.34. The van der Waals surface area contributed by atoms with E-state index < -0.39 is 10.5 Å². The molecule has 4 nitrogen and oxygen atoms in total. The topological polar surface area (TPSA) is 55.2 Å². The van der Waals surface area contributed by atoms with Gasteiger partial charge in [0.05, 0.1) is 10.5 Å². The van der Waals surface area contributed by atoms with E-state index in [0.717, 1.165) is 5.56 Å². The Kier molecular flexibility index (Phi) is 3.19. The van der Waals surface area contributed by atoms with Gasteiger partial charge in [-0.3, -0.25) is 10.1 Å². The van der Waals surface area contributed by atoms with Crippen molar-refractivity contribution in [2.45, 2.75) is 26.3 Å². The van der Waals surface area contributed by atoms with Gasteiger partial charge in [0.15, 0.2) is 0 Å². The number of hydrogen-bond donors (Lipinski definition) is 1. The Hall–Kier alpha value is -2.02. The SMILES string of the molecule is C#CC(C)(C)Nc1cc(C)cc([N+](=O)[O-])c1. The highest BCUT2D eigenvalue weighted by atomic mass is 16.6. The number of benzene rings is 1. The standard InChI is InChI=1S/C12H14N2O2/c1-5-12(3,4)13-10-6-9(2)7-11(8-10)14(15)16/h1,6-8,13H,2-4H3. The summed E-state index contributed by atoms with van der Waals surface area (Å²) in [7, 11) is 0. The first-order chi connectivity index (χ1) is 7.34. The van der Waals surface area contributed by atoms with E-state index in [1.807, 2.05) is 19.9 Å². The number of anilines is 1. The molecule has 0 aliphatic rings. The Bertz CT molecular complexity index is 459. The number of non-ortho nitro benzene ring substituents is 1. The zero-order valence-corrected chi connectivity index (χ0v) is 9.57. The summed E-state index contributed by atoms with van der Waals surface area (Å²) in [5.41, 5.74) is 1.02. The highest BCUT2D eigenvalue weighted by Gasteiger charge is 2.15. The Morgan fingerprint density at radius 1 is 1.44 bits per heavy atom. The molecule has 0 amide bonds. The number of nitrogens with one attached hydrogen (secondary N) is 1. The fraction of sp³-hybridized carbons (Fsp3) is 0.333. The second kappa shape index (κ2) is 4.23. The van der Waals surface area contributed by atoms with E-state index in [-0.39, 0.29) is 5.69 Å². The third-order valence-corrected chi connectivity index (χ3v) is 2.09. The van der Waals surface area contributed by atoms with Crippen molar-refractivity contribution < 1.29 is 4.92 Å². The van der Waals surface area contributed by atoms with E-state index in [9.17, 15) is 10.1 Å². The van der Waals surface area contributed by atoms with Gasteiger partial charge in [0.2, 0.25) is 0 Å². The van der Waals surface area contributed by atoms with Crippen molar-refractivity contribution in [2.75, 3.05) is 5.32 Å². The van der Waals surface area contributed by atoms with Gasteiger partial charge in [0, 0.05) is 17.8 Å². The molecule has 1 rings (SSSR count). The van der Waals surface area contributed by atoms with Crippen LogP contribution in [-0.4, -0.2) is 10.5 Å². The van der Waals surface area contributed by atoms with Crippen LogP contribution in [0, 0.1) is 29.4 Å². The summed E-state index contributed by atoms with van der Waals surface area (Å²) in [6, 6.07) is 4.83. The van der Waals surface area contributed by atoms with Crippen LogP contribution in [0.3, 0.4) is 0 Å². The Morgan fingerprint density at radius 3 is 2.56 bits per heavy atom. The predicted octanol–water partition coefficient (Wildman–Crippen LogP) is 2.73. The lowest BCUT2D eigenvalue weighted by atomic mass is 10.1.